The van der Waals surface area contributed by atoms with Gasteiger partial charge in [0, 0.05) is 19.0 Å². The number of carboxylic acids is 1. The number of carbonyl (C=O) groups is 2. The number of nitrogens with two attached hydrogens (primary N) is 1. The summed E-state index contributed by atoms with van der Waals surface area (Å²) in [6, 6.07) is 7.20. The number of aromatic nitrogens is 1. The molecule has 2 rings (SSSR count). The molecule has 0 radical (unpaired) electrons. The average molecular weight is 355 g/mol. The van der Waals surface area contributed by atoms with Gasteiger partial charge in [-0.2, -0.15) is 0 Å². The molecule has 1 aromatic heterocycles. The smallest absolute Gasteiger partial charge is 0.340 e. The van der Waals surface area contributed by atoms with Crippen molar-refractivity contribution in [3.8, 4) is 11.3 Å². The van der Waals surface area contributed by atoms with Crippen LogP contribution in [0.5, 0.6) is 0 Å². The predicted octanol–water partition coefficient (Wildman–Crippen LogP) is 2.88. The maximum Gasteiger partial charge on any atom is 0.340 e. The Hall–Kier alpha value is -2.51. The van der Waals surface area contributed by atoms with Crippen LogP contribution in [0.15, 0.2) is 30.3 Å². The van der Waals surface area contributed by atoms with Gasteiger partial charge in [-0.05, 0) is 18.2 Å². The fraction of sp³-hybridized carbons (Fsp3) is 0.188. The molecule has 8 heteroatoms. The minimum Gasteiger partial charge on any atom is -0.481 e. The summed E-state index contributed by atoms with van der Waals surface area (Å²) in [6.07, 6.45) is 0. The lowest BCUT2D eigenvalue weighted by molar-refractivity contribution is -0.134. The predicted molar refractivity (Wildman–Crippen MR) is 87.2 cm³/mol. The molecule has 0 fully saturated rings. The van der Waals surface area contributed by atoms with E-state index in [1.54, 1.807) is 6.07 Å². The molecule has 1 aromatic carbocycles. The van der Waals surface area contributed by atoms with Crippen LogP contribution in [-0.4, -0.2) is 29.1 Å². The second kappa shape index (κ2) is 8.95. The number of carboxylic acid groups (broad SMARTS) is 1. The molecule has 0 amide bonds. The number of ether oxygens (including phenoxy) is 1. The van der Waals surface area contributed by atoms with E-state index in [1.807, 2.05) is 0 Å². The van der Waals surface area contributed by atoms with E-state index >= 15 is 0 Å². The summed E-state index contributed by atoms with van der Waals surface area (Å²) in [6.45, 7) is 1.20. The molecular weight excluding hydrogens is 339 g/mol. The van der Waals surface area contributed by atoms with Crippen LogP contribution in [-0.2, 0) is 16.1 Å². The Morgan fingerprint density at radius 1 is 1.38 bits per heavy atom. The van der Waals surface area contributed by atoms with Crippen molar-refractivity contribution in [3.63, 3.8) is 0 Å². The molecule has 0 aliphatic carbocycles. The normalized spacial score (nSPS) is 9.71. The number of carbonyl (C=O) groups excluding carboxylic acids is 1. The minimum absolute atomic E-state index is 0.114. The van der Waals surface area contributed by atoms with Crippen molar-refractivity contribution in [2.45, 2.75) is 13.5 Å². The fourth-order valence-electron chi connectivity index (χ4n) is 1.79. The molecule has 0 bridgehead atoms. The third-order valence-corrected chi connectivity index (χ3v) is 3.07. The Morgan fingerprint density at radius 2 is 2.00 bits per heavy atom. The van der Waals surface area contributed by atoms with Crippen LogP contribution < -0.4 is 5.73 Å². The molecule has 3 N–H and O–H groups in total. The minimum atomic E-state index is -0.833. The van der Waals surface area contributed by atoms with Crippen molar-refractivity contribution in [2.24, 2.45) is 5.73 Å². The van der Waals surface area contributed by atoms with Gasteiger partial charge in [-0.15, -0.1) is 0 Å². The summed E-state index contributed by atoms with van der Waals surface area (Å²) in [5.41, 5.74) is 6.89. The molecule has 128 valence electrons. The number of nitrogens with zero attached hydrogens (tertiary/aromatic N) is 1. The van der Waals surface area contributed by atoms with E-state index in [9.17, 15) is 9.18 Å². The first-order valence-electron chi connectivity index (χ1n) is 6.73. The monoisotopic (exact) mass is 354 g/mol. The van der Waals surface area contributed by atoms with E-state index in [2.05, 4.69) is 4.98 Å². The average Bonchev–Trinajstić information content (AvgIpc) is 2.53. The summed E-state index contributed by atoms with van der Waals surface area (Å²) in [4.78, 5) is 25.0. The molecule has 0 saturated heterocycles. The molecule has 1 heterocycles. The van der Waals surface area contributed by atoms with Crippen LogP contribution in [0.1, 0.15) is 23.0 Å². The number of halogens is 2. The van der Waals surface area contributed by atoms with Gasteiger partial charge in [0.25, 0.3) is 5.97 Å². The van der Waals surface area contributed by atoms with Crippen molar-refractivity contribution in [3.05, 3.63) is 52.4 Å². The first-order chi connectivity index (χ1) is 11.3. The second-order valence-electron chi connectivity index (χ2n) is 4.54. The SMILES string of the molecule is CC(=O)O.COC(=O)c1cc(Cl)c(CN)nc1-c1cccc(F)c1. The first-order valence-corrected chi connectivity index (χ1v) is 7.11. The van der Waals surface area contributed by atoms with E-state index in [-0.39, 0.29) is 17.1 Å². The molecule has 0 unspecified atom stereocenters. The third kappa shape index (κ3) is 5.29. The lowest BCUT2D eigenvalue weighted by Gasteiger charge is -2.11. The third-order valence-electron chi connectivity index (χ3n) is 2.75. The van der Waals surface area contributed by atoms with Crippen LogP contribution in [0.25, 0.3) is 11.3 Å². The van der Waals surface area contributed by atoms with Crippen molar-refractivity contribution in [1.29, 1.82) is 0 Å². The zero-order valence-corrected chi connectivity index (χ0v) is 13.8. The Labute approximate surface area is 143 Å². The fourth-order valence-corrected chi connectivity index (χ4v) is 2.02. The summed E-state index contributed by atoms with van der Waals surface area (Å²) >= 11 is 6.00. The van der Waals surface area contributed by atoms with Crippen LogP contribution >= 0.6 is 11.6 Å². The quantitative estimate of drug-likeness (QED) is 0.821. The van der Waals surface area contributed by atoms with E-state index in [1.165, 1.54) is 31.4 Å². The van der Waals surface area contributed by atoms with Gasteiger partial charge in [0.05, 0.1) is 29.1 Å². The zero-order chi connectivity index (χ0) is 18.3. The van der Waals surface area contributed by atoms with E-state index < -0.39 is 17.8 Å². The molecule has 0 aliphatic rings. The standard InChI is InChI=1S/C14H12ClFN2O2.C2H4O2/c1-20-14(19)10-6-11(15)12(7-17)18-13(10)8-3-2-4-9(16)5-8;1-2(3)4/h2-6H,7,17H2,1H3;1H3,(H,3,4). The summed E-state index contributed by atoms with van der Waals surface area (Å²) in [5.74, 6) is -1.86. The van der Waals surface area contributed by atoms with Gasteiger partial charge in [0.2, 0.25) is 0 Å². The summed E-state index contributed by atoms with van der Waals surface area (Å²) in [7, 11) is 1.25. The highest BCUT2D eigenvalue weighted by molar-refractivity contribution is 6.31. The number of hydrogen-bond acceptors (Lipinski definition) is 5. The lowest BCUT2D eigenvalue weighted by atomic mass is 10.0. The number of pyridine rings is 1. The first kappa shape index (κ1) is 19.5. The molecule has 0 spiro atoms. The number of aliphatic carboxylic acids is 1. The van der Waals surface area contributed by atoms with Gasteiger partial charge in [-0.1, -0.05) is 23.7 Å². The van der Waals surface area contributed by atoms with Crippen LogP contribution in [0.4, 0.5) is 4.39 Å². The van der Waals surface area contributed by atoms with Gasteiger partial charge in [-0.25, -0.2) is 14.2 Å². The summed E-state index contributed by atoms with van der Waals surface area (Å²) in [5, 5.41) is 7.69. The molecule has 0 saturated carbocycles. The van der Waals surface area contributed by atoms with Crippen molar-refractivity contribution < 1.29 is 23.8 Å². The van der Waals surface area contributed by atoms with Crippen molar-refractivity contribution in [1.82, 2.24) is 4.98 Å². The number of hydrogen-bond donors (Lipinski definition) is 2. The zero-order valence-electron chi connectivity index (χ0n) is 13.0. The molecule has 2 aromatic rings. The van der Waals surface area contributed by atoms with E-state index in [4.69, 9.17) is 32.0 Å². The number of benzene rings is 1. The largest absolute Gasteiger partial charge is 0.481 e. The van der Waals surface area contributed by atoms with Gasteiger partial charge >= 0.3 is 5.97 Å². The molecule has 6 nitrogen and oxygen atoms in total. The van der Waals surface area contributed by atoms with Crippen LogP contribution in [0.3, 0.4) is 0 Å². The van der Waals surface area contributed by atoms with Gasteiger partial charge in [0.1, 0.15) is 5.82 Å². The molecule has 0 aliphatic heterocycles. The van der Waals surface area contributed by atoms with Crippen LogP contribution in [0, 0.1) is 5.82 Å². The highest BCUT2D eigenvalue weighted by Gasteiger charge is 2.18. The van der Waals surface area contributed by atoms with E-state index in [0.717, 1.165) is 6.92 Å². The lowest BCUT2D eigenvalue weighted by Crippen LogP contribution is -2.09. The van der Waals surface area contributed by atoms with Gasteiger partial charge < -0.3 is 15.6 Å². The molecule has 24 heavy (non-hydrogen) atoms. The van der Waals surface area contributed by atoms with E-state index in [0.29, 0.717) is 17.0 Å². The summed E-state index contributed by atoms with van der Waals surface area (Å²) < 4.78 is 18.0. The number of esters is 1. The topological polar surface area (TPSA) is 103 Å². The van der Waals surface area contributed by atoms with Crippen molar-refractivity contribution in [2.75, 3.05) is 7.11 Å². The Kier molecular flexibility index (Phi) is 7.29. The maximum atomic E-state index is 13.3. The maximum absolute atomic E-state index is 13.3. The van der Waals surface area contributed by atoms with Crippen LogP contribution in [0.2, 0.25) is 5.02 Å². The van der Waals surface area contributed by atoms with Gasteiger partial charge in [0.15, 0.2) is 0 Å². The Bertz CT molecular complexity index is 749. The highest BCUT2D eigenvalue weighted by Crippen LogP contribution is 2.27. The number of rotatable bonds is 3. The molecule has 0 atom stereocenters. The Morgan fingerprint density at radius 3 is 2.50 bits per heavy atom. The highest BCUT2D eigenvalue weighted by atomic mass is 35.5. The second-order valence-corrected chi connectivity index (χ2v) is 4.95. The number of methoxy groups -OCH3 is 1. The van der Waals surface area contributed by atoms with Crippen molar-refractivity contribution >= 4 is 23.5 Å². The van der Waals surface area contributed by atoms with Gasteiger partial charge in [-0.3, -0.25) is 4.79 Å². The Balaban J connectivity index is 0.000000648. The molecular formula is C16H16ClFN2O4.